The van der Waals surface area contributed by atoms with Crippen LogP contribution >= 0.6 is 0 Å². The van der Waals surface area contributed by atoms with Crippen molar-refractivity contribution in [3.63, 3.8) is 0 Å². The van der Waals surface area contributed by atoms with Crippen molar-refractivity contribution in [3.05, 3.63) is 67.2 Å². The monoisotopic (exact) mass is 231 g/mol. The minimum atomic E-state index is -0.172. The molecule has 0 aliphatic carbocycles. The van der Waals surface area contributed by atoms with Gasteiger partial charge in [-0.3, -0.25) is 4.98 Å². The Labute approximate surface area is 104 Å². The summed E-state index contributed by atoms with van der Waals surface area (Å²) in [5.74, 6) is 0. The summed E-state index contributed by atoms with van der Waals surface area (Å²) in [6, 6.07) is 3.67. The van der Waals surface area contributed by atoms with Crippen LogP contribution in [-0.2, 0) is 6.42 Å². The fourth-order valence-electron chi connectivity index (χ4n) is 1.04. The van der Waals surface area contributed by atoms with Gasteiger partial charge in [-0.15, -0.1) is 0 Å². The molecule has 0 saturated heterocycles. The molecule has 4 N–H and O–H groups in total. The number of nitrogens with zero attached hydrogens (tertiary/aromatic N) is 1. The topological polar surface area (TPSA) is 64.9 Å². The summed E-state index contributed by atoms with van der Waals surface area (Å²) in [6.45, 7) is 9.01. The number of rotatable bonds is 4. The number of allylic oxidation sites excluding steroid dienone is 3. The molecule has 0 fully saturated rings. The van der Waals surface area contributed by atoms with Gasteiger partial charge < -0.3 is 11.5 Å². The molecule has 0 spiro atoms. The molecule has 1 aromatic heterocycles. The molecule has 1 unspecified atom stereocenters. The van der Waals surface area contributed by atoms with Crippen LogP contribution in [-0.4, -0.2) is 11.0 Å². The van der Waals surface area contributed by atoms with Gasteiger partial charge in [-0.2, -0.15) is 0 Å². The summed E-state index contributed by atoms with van der Waals surface area (Å²) >= 11 is 0. The molecule has 0 bridgehead atoms. The maximum absolute atomic E-state index is 5.70. The van der Waals surface area contributed by atoms with E-state index in [1.165, 1.54) is 0 Å². The van der Waals surface area contributed by atoms with E-state index >= 15 is 0 Å². The number of aromatic nitrogens is 1. The standard InChI is InChI=1S/C9H13N3.C5H8/c1-7(10)9(11)5-8-3-2-4-12-6-8;1-3-5-4-2/h2-4,6,9H,1,5,10-11H2;3-5H,1H2,2H3/b;5-4-. The molecule has 17 heavy (non-hydrogen) atoms. The lowest BCUT2D eigenvalue weighted by atomic mass is 10.1. The fourth-order valence-corrected chi connectivity index (χ4v) is 1.04. The molecule has 1 atom stereocenters. The lowest BCUT2D eigenvalue weighted by Gasteiger charge is -2.09. The molecule has 3 nitrogen and oxygen atoms in total. The average molecular weight is 231 g/mol. The van der Waals surface area contributed by atoms with Crippen molar-refractivity contribution in [3.8, 4) is 0 Å². The molecule has 3 heteroatoms. The van der Waals surface area contributed by atoms with Gasteiger partial charge in [0.2, 0.25) is 0 Å². The Hall–Kier alpha value is -1.87. The Bertz CT molecular complexity index is 355. The van der Waals surface area contributed by atoms with Gasteiger partial charge in [-0.25, -0.2) is 0 Å². The van der Waals surface area contributed by atoms with Gasteiger partial charge in [0.05, 0.1) is 0 Å². The van der Waals surface area contributed by atoms with Crippen molar-refractivity contribution in [2.24, 2.45) is 11.5 Å². The van der Waals surface area contributed by atoms with E-state index in [4.69, 9.17) is 11.5 Å². The lowest BCUT2D eigenvalue weighted by Crippen LogP contribution is -2.28. The van der Waals surface area contributed by atoms with E-state index in [1.54, 1.807) is 18.5 Å². The minimum Gasteiger partial charge on any atom is -0.401 e. The van der Waals surface area contributed by atoms with Gasteiger partial charge in [0.1, 0.15) is 0 Å². The van der Waals surface area contributed by atoms with Gasteiger partial charge in [0.15, 0.2) is 0 Å². The first kappa shape index (κ1) is 15.1. The number of hydrogen-bond donors (Lipinski definition) is 2. The van der Waals surface area contributed by atoms with E-state index in [0.717, 1.165) is 5.56 Å². The second-order valence-corrected chi connectivity index (χ2v) is 3.51. The molecule has 0 amide bonds. The summed E-state index contributed by atoms with van der Waals surface area (Å²) in [6.07, 6.45) is 9.78. The first-order chi connectivity index (χ1) is 8.11. The van der Waals surface area contributed by atoms with Crippen LogP contribution in [0.1, 0.15) is 12.5 Å². The molecule has 0 aliphatic heterocycles. The second-order valence-electron chi connectivity index (χ2n) is 3.51. The largest absolute Gasteiger partial charge is 0.401 e. The first-order valence-corrected chi connectivity index (χ1v) is 5.44. The van der Waals surface area contributed by atoms with Crippen molar-refractivity contribution < 1.29 is 0 Å². The Kier molecular flexibility index (Phi) is 8.33. The van der Waals surface area contributed by atoms with Gasteiger partial charge >= 0.3 is 0 Å². The summed E-state index contributed by atoms with van der Waals surface area (Å²) in [5.41, 5.74) is 12.7. The molecule has 0 radical (unpaired) electrons. The number of hydrogen-bond acceptors (Lipinski definition) is 3. The van der Waals surface area contributed by atoms with Crippen LogP contribution < -0.4 is 11.5 Å². The average Bonchev–Trinajstić information content (AvgIpc) is 2.32. The Morgan fingerprint density at radius 2 is 2.29 bits per heavy atom. The maximum Gasteiger partial charge on any atom is 0.0477 e. The van der Waals surface area contributed by atoms with Crippen LogP contribution in [0.4, 0.5) is 0 Å². The summed E-state index contributed by atoms with van der Waals surface area (Å²) in [5, 5.41) is 0. The zero-order chi connectivity index (χ0) is 13.1. The quantitative estimate of drug-likeness (QED) is 0.780. The van der Waals surface area contributed by atoms with Gasteiger partial charge in [0.25, 0.3) is 0 Å². The number of pyridine rings is 1. The third-order valence-corrected chi connectivity index (χ3v) is 1.98. The summed E-state index contributed by atoms with van der Waals surface area (Å²) in [4.78, 5) is 3.97. The molecule has 0 aliphatic rings. The summed E-state index contributed by atoms with van der Waals surface area (Å²) in [7, 11) is 0. The zero-order valence-corrected chi connectivity index (χ0v) is 10.3. The van der Waals surface area contributed by atoms with Crippen LogP contribution in [0.3, 0.4) is 0 Å². The highest BCUT2D eigenvalue weighted by molar-refractivity contribution is 5.14. The summed E-state index contributed by atoms with van der Waals surface area (Å²) < 4.78 is 0. The Balaban J connectivity index is 0.000000437. The fraction of sp³-hybridized carbons (Fsp3) is 0.214. The molecule has 0 saturated carbocycles. The van der Waals surface area contributed by atoms with Crippen LogP contribution in [0, 0.1) is 0 Å². The highest BCUT2D eigenvalue weighted by Crippen LogP contribution is 2.01. The molecule has 1 aromatic rings. The van der Waals surface area contributed by atoms with Crippen molar-refractivity contribution in [2.45, 2.75) is 19.4 Å². The van der Waals surface area contributed by atoms with Gasteiger partial charge in [0, 0.05) is 24.1 Å². The van der Waals surface area contributed by atoms with Crippen LogP contribution in [0.25, 0.3) is 0 Å². The maximum atomic E-state index is 5.70. The lowest BCUT2D eigenvalue weighted by molar-refractivity contribution is 0.755. The highest BCUT2D eigenvalue weighted by atomic mass is 14.7. The van der Waals surface area contributed by atoms with Gasteiger partial charge in [-0.1, -0.05) is 37.5 Å². The smallest absolute Gasteiger partial charge is 0.0477 e. The van der Waals surface area contributed by atoms with Gasteiger partial charge in [-0.05, 0) is 25.0 Å². The Morgan fingerprint density at radius 1 is 1.59 bits per heavy atom. The molecule has 0 aromatic carbocycles. The van der Waals surface area contributed by atoms with Crippen LogP contribution in [0.5, 0.6) is 0 Å². The Morgan fingerprint density at radius 3 is 2.65 bits per heavy atom. The van der Waals surface area contributed by atoms with Crippen molar-refractivity contribution in [1.29, 1.82) is 0 Å². The predicted octanol–water partition coefficient (Wildman–Crippen LogP) is 2.17. The molecule has 1 rings (SSSR count). The highest BCUT2D eigenvalue weighted by Gasteiger charge is 2.03. The van der Waals surface area contributed by atoms with Crippen LogP contribution in [0.2, 0.25) is 0 Å². The van der Waals surface area contributed by atoms with Crippen molar-refractivity contribution in [2.75, 3.05) is 0 Å². The normalized spacial score (nSPS) is 11.4. The third-order valence-electron chi connectivity index (χ3n) is 1.98. The molecular weight excluding hydrogens is 210 g/mol. The minimum absolute atomic E-state index is 0.172. The van der Waals surface area contributed by atoms with E-state index in [9.17, 15) is 0 Å². The predicted molar refractivity (Wildman–Crippen MR) is 74.3 cm³/mol. The first-order valence-electron chi connectivity index (χ1n) is 5.44. The van der Waals surface area contributed by atoms with Crippen LogP contribution in [0.15, 0.2) is 61.6 Å². The SMILES string of the molecule is C=C(N)C(N)Cc1cccnc1.C=C/C=C\C. The molecule has 92 valence electrons. The molecular formula is C14H21N3. The van der Waals surface area contributed by atoms with E-state index < -0.39 is 0 Å². The van der Waals surface area contributed by atoms with E-state index in [-0.39, 0.29) is 6.04 Å². The third kappa shape index (κ3) is 7.99. The number of nitrogens with two attached hydrogens (primary N) is 2. The molecule has 1 heterocycles. The van der Waals surface area contributed by atoms with E-state index in [0.29, 0.717) is 12.1 Å². The second kappa shape index (κ2) is 9.36. The van der Waals surface area contributed by atoms with Crippen molar-refractivity contribution in [1.82, 2.24) is 4.98 Å². The van der Waals surface area contributed by atoms with Crippen molar-refractivity contribution >= 4 is 0 Å². The van der Waals surface area contributed by atoms with E-state index in [2.05, 4.69) is 18.1 Å². The zero-order valence-electron chi connectivity index (χ0n) is 10.3. The van der Waals surface area contributed by atoms with E-state index in [1.807, 2.05) is 31.2 Å².